The number of nitrogens with one attached hydrogen (secondary N) is 1. The van der Waals surface area contributed by atoms with Crippen LogP contribution in [0.3, 0.4) is 0 Å². The monoisotopic (exact) mass is 438 g/mol. The first-order valence-corrected chi connectivity index (χ1v) is 9.70. The molecule has 0 atom stereocenters. The van der Waals surface area contributed by atoms with Gasteiger partial charge in [0.05, 0.1) is 25.3 Å². The number of benzene rings is 1. The summed E-state index contributed by atoms with van der Waals surface area (Å²) in [5.74, 6) is 0.0452. The van der Waals surface area contributed by atoms with Crippen molar-refractivity contribution in [3.63, 3.8) is 0 Å². The zero-order valence-electron chi connectivity index (χ0n) is 14.5. The van der Waals surface area contributed by atoms with Crippen molar-refractivity contribution in [1.82, 2.24) is 4.98 Å². The highest BCUT2D eigenvalue weighted by molar-refractivity contribution is 9.10. The Hall–Kier alpha value is -2.19. The van der Waals surface area contributed by atoms with Crippen LogP contribution < -0.4 is 10.1 Å². The lowest BCUT2D eigenvalue weighted by atomic mass is 10.2. The van der Waals surface area contributed by atoms with Crippen LogP contribution in [0.1, 0.15) is 25.1 Å². The van der Waals surface area contributed by atoms with Gasteiger partial charge in [0.15, 0.2) is 5.13 Å². The van der Waals surface area contributed by atoms with Crippen LogP contribution >= 0.6 is 27.3 Å². The van der Waals surface area contributed by atoms with E-state index in [1.165, 1.54) is 17.4 Å². The number of amides is 1. The predicted molar refractivity (Wildman–Crippen MR) is 105 cm³/mol. The standard InChI is InChI=1S/C18H19BrN2O4S/c1-3-24-15-7-6-13(19)9-12(15)5-8-16(22)21-18-20-14(11-26-18)10-17(23)25-4-2/h5-9,11H,3-4,10H2,1-2H3,(H,20,21,22). The van der Waals surface area contributed by atoms with Crippen molar-refractivity contribution in [2.24, 2.45) is 0 Å². The number of esters is 1. The van der Waals surface area contributed by atoms with Crippen molar-refractivity contribution in [3.8, 4) is 5.75 Å². The van der Waals surface area contributed by atoms with Crippen molar-refractivity contribution >= 4 is 50.4 Å². The molecular weight excluding hydrogens is 420 g/mol. The highest BCUT2D eigenvalue weighted by Gasteiger charge is 2.09. The first-order valence-electron chi connectivity index (χ1n) is 8.03. The molecule has 138 valence electrons. The first-order chi connectivity index (χ1) is 12.5. The Morgan fingerprint density at radius 1 is 1.31 bits per heavy atom. The van der Waals surface area contributed by atoms with Gasteiger partial charge in [0.25, 0.3) is 0 Å². The van der Waals surface area contributed by atoms with Gasteiger partial charge < -0.3 is 9.47 Å². The molecular formula is C18H19BrN2O4S. The molecule has 2 aromatic rings. The van der Waals surface area contributed by atoms with Gasteiger partial charge in [-0.2, -0.15) is 0 Å². The largest absolute Gasteiger partial charge is 0.493 e. The molecule has 2 rings (SSSR count). The summed E-state index contributed by atoms with van der Waals surface area (Å²) in [7, 11) is 0. The minimum Gasteiger partial charge on any atom is -0.493 e. The molecule has 0 aliphatic heterocycles. The Morgan fingerprint density at radius 2 is 2.12 bits per heavy atom. The molecule has 1 N–H and O–H groups in total. The SMILES string of the molecule is CCOC(=O)Cc1csc(NC(=O)C=Cc2cc(Br)ccc2OCC)n1. The fraction of sp³-hybridized carbons (Fsp3) is 0.278. The van der Waals surface area contributed by atoms with Gasteiger partial charge in [0, 0.05) is 21.5 Å². The average molecular weight is 439 g/mol. The predicted octanol–water partition coefficient (Wildman–Crippen LogP) is 4.06. The van der Waals surface area contributed by atoms with Gasteiger partial charge in [-0.1, -0.05) is 15.9 Å². The van der Waals surface area contributed by atoms with Gasteiger partial charge >= 0.3 is 5.97 Å². The van der Waals surface area contributed by atoms with Crippen LogP contribution in [0.5, 0.6) is 5.75 Å². The molecule has 0 fully saturated rings. The molecule has 0 unspecified atom stereocenters. The number of nitrogens with zero attached hydrogens (tertiary/aromatic N) is 1. The van der Waals surface area contributed by atoms with E-state index in [9.17, 15) is 9.59 Å². The van der Waals surface area contributed by atoms with E-state index < -0.39 is 0 Å². The normalized spacial score (nSPS) is 10.7. The first kappa shape index (κ1) is 20.1. The van der Waals surface area contributed by atoms with Gasteiger partial charge in [-0.05, 0) is 38.1 Å². The van der Waals surface area contributed by atoms with E-state index in [1.807, 2.05) is 25.1 Å². The second kappa shape index (κ2) is 10.1. The quantitative estimate of drug-likeness (QED) is 0.496. The van der Waals surface area contributed by atoms with Crippen molar-refractivity contribution in [1.29, 1.82) is 0 Å². The number of thiazole rings is 1. The van der Waals surface area contributed by atoms with E-state index >= 15 is 0 Å². The lowest BCUT2D eigenvalue weighted by Gasteiger charge is -2.07. The molecule has 1 heterocycles. The average Bonchev–Trinajstić information content (AvgIpc) is 3.02. The zero-order valence-corrected chi connectivity index (χ0v) is 16.9. The van der Waals surface area contributed by atoms with Gasteiger partial charge in [-0.3, -0.25) is 14.9 Å². The Bertz CT molecular complexity index is 804. The van der Waals surface area contributed by atoms with Crippen LogP contribution in [0.25, 0.3) is 6.08 Å². The second-order valence-corrected chi connectivity index (χ2v) is 6.84. The van der Waals surface area contributed by atoms with Crippen LogP contribution in [-0.4, -0.2) is 30.1 Å². The summed E-state index contributed by atoms with van der Waals surface area (Å²) in [4.78, 5) is 27.8. The number of hydrogen-bond donors (Lipinski definition) is 1. The van der Waals surface area contributed by atoms with Crippen LogP contribution in [0, 0.1) is 0 Å². The van der Waals surface area contributed by atoms with Crippen LogP contribution in [0.15, 0.2) is 34.1 Å². The summed E-state index contributed by atoms with van der Waals surface area (Å²) in [5, 5.41) is 4.83. The Morgan fingerprint density at radius 3 is 2.85 bits per heavy atom. The lowest BCUT2D eigenvalue weighted by Crippen LogP contribution is -2.09. The molecule has 1 aromatic heterocycles. The third-order valence-electron chi connectivity index (χ3n) is 3.10. The van der Waals surface area contributed by atoms with E-state index in [0.29, 0.717) is 29.8 Å². The molecule has 0 saturated heterocycles. The van der Waals surface area contributed by atoms with Gasteiger partial charge in [0.1, 0.15) is 5.75 Å². The number of halogens is 1. The summed E-state index contributed by atoms with van der Waals surface area (Å²) in [6.45, 7) is 4.52. The minimum atomic E-state index is -0.339. The number of rotatable bonds is 8. The maximum absolute atomic E-state index is 12.1. The summed E-state index contributed by atoms with van der Waals surface area (Å²) in [6, 6.07) is 5.59. The Balaban J connectivity index is 1.99. The van der Waals surface area contributed by atoms with E-state index in [1.54, 1.807) is 18.4 Å². The minimum absolute atomic E-state index is 0.0891. The van der Waals surface area contributed by atoms with E-state index in [-0.39, 0.29) is 18.3 Å². The number of hydrogen-bond acceptors (Lipinski definition) is 6. The number of anilines is 1. The van der Waals surface area contributed by atoms with Crippen LogP contribution in [0.2, 0.25) is 0 Å². The molecule has 0 spiro atoms. The molecule has 0 bridgehead atoms. The maximum Gasteiger partial charge on any atom is 0.311 e. The molecule has 0 aliphatic carbocycles. The fourth-order valence-electron chi connectivity index (χ4n) is 2.05. The van der Waals surface area contributed by atoms with Crippen molar-refractivity contribution < 1.29 is 19.1 Å². The smallest absolute Gasteiger partial charge is 0.311 e. The Kier molecular flexibility index (Phi) is 7.80. The Labute approximate surface area is 164 Å². The molecule has 8 heteroatoms. The number of carbonyl (C=O) groups is 2. The molecule has 0 radical (unpaired) electrons. The highest BCUT2D eigenvalue weighted by atomic mass is 79.9. The summed E-state index contributed by atoms with van der Waals surface area (Å²) < 4.78 is 11.3. The van der Waals surface area contributed by atoms with Gasteiger partial charge in [-0.15, -0.1) is 11.3 Å². The lowest BCUT2D eigenvalue weighted by molar-refractivity contribution is -0.142. The molecule has 26 heavy (non-hydrogen) atoms. The molecule has 6 nitrogen and oxygen atoms in total. The molecule has 1 amide bonds. The topological polar surface area (TPSA) is 77.5 Å². The van der Waals surface area contributed by atoms with Crippen LogP contribution in [-0.2, 0) is 20.7 Å². The molecule has 0 aliphatic rings. The van der Waals surface area contributed by atoms with Crippen molar-refractivity contribution in [2.45, 2.75) is 20.3 Å². The van der Waals surface area contributed by atoms with Gasteiger partial charge in [0.2, 0.25) is 5.91 Å². The van der Waals surface area contributed by atoms with Crippen LogP contribution in [0.4, 0.5) is 5.13 Å². The molecule has 1 aromatic carbocycles. The van der Waals surface area contributed by atoms with Crippen molar-refractivity contribution in [3.05, 3.63) is 45.4 Å². The summed E-state index contributed by atoms with van der Waals surface area (Å²) in [5.41, 5.74) is 1.36. The number of ether oxygens (including phenoxy) is 2. The van der Waals surface area contributed by atoms with E-state index in [0.717, 1.165) is 10.0 Å². The molecule has 0 saturated carbocycles. The maximum atomic E-state index is 12.1. The number of carbonyl (C=O) groups excluding carboxylic acids is 2. The summed E-state index contributed by atoms with van der Waals surface area (Å²) in [6.07, 6.45) is 3.18. The second-order valence-electron chi connectivity index (χ2n) is 5.06. The van der Waals surface area contributed by atoms with E-state index in [4.69, 9.17) is 9.47 Å². The third-order valence-corrected chi connectivity index (χ3v) is 4.40. The summed E-state index contributed by atoms with van der Waals surface area (Å²) >= 11 is 4.66. The van der Waals surface area contributed by atoms with E-state index in [2.05, 4.69) is 26.2 Å². The van der Waals surface area contributed by atoms with Gasteiger partial charge in [-0.25, -0.2) is 4.98 Å². The zero-order chi connectivity index (χ0) is 18.9. The highest BCUT2D eigenvalue weighted by Crippen LogP contribution is 2.24. The number of aromatic nitrogens is 1. The third kappa shape index (κ3) is 6.27. The fourth-order valence-corrected chi connectivity index (χ4v) is 3.15. The van der Waals surface area contributed by atoms with Crippen molar-refractivity contribution in [2.75, 3.05) is 18.5 Å².